The molecule has 2 aliphatic rings. The van der Waals surface area contributed by atoms with Crippen LogP contribution in [0, 0.1) is 0 Å². The highest BCUT2D eigenvalue weighted by Crippen LogP contribution is 2.44. The fourth-order valence-corrected chi connectivity index (χ4v) is 4.00. The van der Waals surface area contributed by atoms with Gasteiger partial charge in [-0.3, -0.25) is 0 Å². The third-order valence-corrected chi connectivity index (χ3v) is 5.09. The van der Waals surface area contributed by atoms with Gasteiger partial charge in [-0.2, -0.15) is 0 Å². The summed E-state index contributed by atoms with van der Waals surface area (Å²) in [6.45, 7) is 0. The summed E-state index contributed by atoms with van der Waals surface area (Å²) in [7, 11) is 2.18. The predicted molar refractivity (Wildman–Crippen MR) is 92.0 cm³/mol. The Kier molecular flexibility index (Phi) is 2.32. The number of hydrogen-bond acceptors (Lipinski definition) is 1. The van der Waals surface area contributed by atoms with Crippen molar-refractivity contribution in [2.75, 3.05) is 11.9 Å². The van der Waals surface area contributed by atoms with Crippen molar-refractivity contribution in [3.8, 4) is 11.1 Å². The number of benzene rings is 3. The van der Waals surface area contributed by atoms with Crippen molar-refractivity contribution >= 4 is 11.4 Å². The molecule has 0 aromatic heterocycles. The first-order valence-electron chi connectivity index (χ1n) is 7.87. The molecule has 0 amide bonds. The Morgan fingerprint density at radius 1 is 0.636 bits per heavy atom. The van der Waals surface area contributed by atoms with Crippen LogP contribution in [0.2, 0.25) is 0 Å². The molecule has 0 fully saturated rings. The summed E-state index contributed by atoms with van der Waals surface area (Å²) in [5.74, 6) is 0. The van der Waals surface area contributed by atoms with Gasteiger partial charge in [0.05, 0.1) is 0 Å². The fourth-order valence-electron chi connectivity index (χ4n) is 4.00. The molecule has 0 bridgehead atoms. The lowest BCUT2D eigenvalue weighted by molar-refractivity contribution is 1.05. The quantitative estimate of drug-likeness (QED) is 0.442. The zero-order chi connectivity index (χ0) is 14.7. The van der Waals surface area contributed by atoms with Gasteiger partial charge in [-0.25, -0.2) is 0 Å². The van der Waals surface area contributed by atoms with Gasteiger partial charge in [0, 0.05) is 24.8 Å². The predicted octanol–water partition coefficient (Wildman–Crippen LogP) is 4.93. The van der Waals surface area contributed by atoms with Crippen LogP contribution in [0.4, 0.5) is 11.4 Å². The van der Waals surface area contributed by atoms with E-state index in [0.717, 1.165) is 12.8 Å². The van der Waals surface area contributed by atoms with Gasteiger partial charge < -0.3 is 4.90 Å². The van der Waals surface area contributed by atoms with Gasteiger partial charge in [0.2, 0.25) is 0 Å². The van der Waals surface area contributed by atoms with E-state index in [1.165, 1.54) is 44.8 Å². The first kappa shape index (κ1) is 12.0. The molecule has 3 aromatic carbocycles. The normalized spacial score (nSPS) is 14.1. The van der Waals surface area contributed by atoms with Crippen molar-refractivity contribution in [2.24, 2.45) is 0 Å². The highest BCUT2D eigenvalue weighted by atomic mass is 15.1. The molecule has 0 saturated carbocycles. The van der Waals surface area contributed by atoms with Crippen LogP contribution < -0.4 is 4.90 Å². The number of fused-ring (bicyclic) bond motifs is 5. The van der Waals surface area contributed by atoms with Gasteiger partial charge in [0.25, 0.3) is 0 Å². The summed E-state index contributed by atoms with van der Waals surface area (Å²) in [6.07, 6.45) is 2.11. The lowest BCUT2D eigenvalue weighted by Crippen LogP contribution is -2.18. The number of nitrogens with zero attached hydrogens (tertiary/aromatic N) is 1. The van der Waals surface area contributed by atoms with E-state index in [1.54, 1.807) is 0 Å². The van der Waals surface area contributed by atoms with Crippen LogP contribution in [0.5, 0.6) is 0 Å². The molecule has 0 atom stereocenters. The van der Waals surface area contributed by atoms with E-state index in [-0.39, 0.29) is 0 Å². The van der Waals surface area contributed by atoms with Gasteiger partial charge in [0.15, 0.2) is 0 Å². The van der Waals surface area contributed by atoms with E-state index < -0.39 is 0 Å². The van der Waals surface area contributed by atoms with E-state index in [4.69, 9.17) is 0 Å². The summed E-state index contributed by atoms with van der Waals surface area (Å²) < 4.78 is 0. The van der Waals surface area contributed by atoms with Crippen LogP contribution in [-0.2, 0) is 12.8 Å². The molecule has 1 aliphatic carbocycles. The third kappa shape index (κ3) is 1.54. The minimum atomic E-state index is 1.04. The summed E-state index contributed by atoms with van der Waals surface area (Å²) in [6, 6.07) is 22.4. The maximum absolute atomic E-state index is 2.43. The van der Waals surface area contributed by atoms with Crippen molar-refractivity contribution < 1.29 is 0 Å². The molecule has 1 nitrogen and oxygen atoms in total. The molecule has 5 rings (SSSR count). The Balaban J connectivity index is 1.72. The maximum Gasteiger partial charge on any atom is 0.0450 e. The smallest absolute Gasteiger partial charge is 0.0450 e. The summed E-state index contributed by atoms with van der Waals surface area (Å²) in [4.78, 5) is 2.34. The second kappa shape index (κ2) is 4.23. The van der Waals surface area contributed by atoms with E-state index in [2.05, 4.69) is 72.6 Å². The van der Waals surface area contributed by atoms with Crippen LogP contribution in [0.25, 0.3) is 11.1 Å². The molecular weight excluding hydrogens is 266 g/mol. The molecular formula is C21H17N. The summed E-state index contributed by atoms with van der Waals surface area (Å²) in [5, 5.41) is 0. The molecule has 0 unspecified atom stereocenters. The molecule has 1 aliphatic heterocycles. The number of hydrogen-bond donors (Lipinski definition) is 0. The minimum absolute atomic E-state index is 1.04. The molecule has 106 valence electrons. The van der Waals surface area contributed by atoms with Gasteiger partial charge >= 0.3 is 0 Å². The Hall–Kier alpha value is -2.54. The monoisotopic (exact) mass is 283 g/mol. The number of para-hydroxylation sites is 1. The van der Waals surface area contributed by atoms with E-state index >= 15 is 0 Å². The zero-order valence-corrected chi connectivity index (χ0v) is 12.6. The molecule has 0 radical (unpaired) electrons. The standard InChI is InChI=1S/C21H17N/c1-22-20-9-5-3-7-15(20)11-17-12-16-10-14-6-2-4-8-18(14)19(16)13-21(17)22/h2-9,12-13H,10-11H2,1H3. The van der Waals surface area contributed by atoms with Gasteiger partial charge in [-0.05, 0) is 51.9 Å². The van der Waals surface area contributed by atoms with Crippen LogP contribution in [0.3, 0.4) is 0 Å². The molecule has 1 heteroatoms. The summed E-state index contributed by atoms with van der Waals surface area (Å²) in [5.41, 5.74) is 11.3. The maximum atomic E-state index is 2.43. The van der Waals surface area contributed by atoms with Crippen LogP contribution >= 0.6 is 0 Å². The first-order valence-corrected chi connectivity index (χ1v) is 7.87. The van der Waals surface area contributed by atoms with Crippen LogP contribution in [0.1, 0.15) is 22.3 Å². The minimum Gasteiger partial charge on any atom is -0.344 e. The topological polar surface area (TPSA) is 3.24 Å². The van der Waals surface area contributed by atoms with E-state index in [0.29, 0.717) is 0 Å². The van der Waals surface area contributed by atoms with Crippen LogP contribution in [-0.4, -0.2) is 7.05 Å². The highest BCUT2D eigenvalue weighted by Gasteiger charge is 2.25. The van der Waals surface area contributed by atoms with Crippen molar-refractivity contribution in [3.63, 3.8) is 0 Å². The number of rotatable bonds is 0. The molecule has 0 N–H and O–H groups in total. The Morgan fingerprint density at radius 3 is 2.27 bits per heavy atom. The van der Waals surface area contributed by atoms with Crippen LogP contribution in [0.15, 0.2) is 60.7 Å². The summed E-state index contributed by atoms with van der Waals surface area (Å²) >= 11 is 0. The average Bonchev–Trinajstić information content (AvgIpc) is 2.91. The Bertz CT molecular complexity index is 908. The van der Waals surface area contributed by atoms with Crippen molar-refractivity contribution in [3.05, 3.63) is 82.9 Å². The molecule has 0 saturated heterocycles. The van der Waals surface area contributed by atoms with Gasteiger partial charge in [-0.1, -0.05) is 48.5 Å². The second-order valence-corrected chi connectivity index (χ2v) is 6.34. The average molecular weight is 283 g/mol. The van der Waals surface area contributed by atoms with Crippen molar-refractivity contribution in [2.45, 2.75) is 12.8 Å². The highest BCUT2D eigenvalue weighted by molar-refractivity contribution is 5.84. The lowest BCUT2D eigenvalue weighted by atomic mass is 9.92. The first-order chi connectivity index (χ1) is 10.8. The second-order valence-electron chi connectivity index (χ2n) is 6.34. The zero-order valence-electron chi connectivity index (χ0n) is 12.6. The molecule has 1 heterocycles. The molecule has 3 aromatic rings. The third-order valence-electron chi connectivity index (χ3n) is 5.09. The molecule has 22 heavy (non-hydrogen) atoms. The van der Waals surface area contributed by atoms with Crippen molar-refractivity contribution in [1.29, 1.82) is 0 Å². The Labute approximate surface area is 130 Å². The van der Waals surface area contributed by atoms with E-state index in [1.807, 2.05) is 0 Å². The van der Waals surface area contributed by atoms with E-state index in [9.17, 15) is 0 Å². The van der Waals surface area contributed by atoms with Gasteiger partial charge in [0.1, 0.15) is 0 Å². The molecule has 0 spiro atoms. The largest absolute Gasteiger partial charge is 0.344 e. The van der Waals surface area contributed by atoms with Crippen molar-refractivity contribution in [1.82, 2.24) is 0 Å². The SMILES string of the molecule is CN1c2ccccc2Cc2cc3c(cc21)-c1ccccc1C3. The fraction of sp³-hybridized carbons (Fsp3) is 0.143. The van der Waals surface area contributed by atoms with Gasteiger partial charge in [-0.15, -0.1) is 0 Å². The number of anilines is 2. The lowest BCUT2D eigenvalue weighted by Gasteiger charge is -2.31. The Morgan fingerprint density at radius 2 is 1.36 bits per heavy atom.